The maximum Gasteiger partial charge on any atom is 0.224 e. The molecule has 0 saturated heterocycles. The molecule has 5 heteroatoms. The van der Waals surface area contributed by atoms with E-state index < -0.39 is 0 Å². The lowest BCUT2D eigenvalue weighted by Crippen LogP contribution is -2.15. The van der Waals surface area contributed by atoms with Crippen LogP contribution in [0.4, 0.5) is 11.8 Å². The molecule has 17 heavy (non-hydrogen) atoms. The Hall–Kier alpha value is -0.970. The van der Waals surface area contributed by atoms with Crippen molar-refractivity contribution in [2.75, 3.05) is 30.0 Å². The molecule has 0 spiro atoms. The van der Waals surface area contributed by atoms with Gasteiger partial charge >= 0.3 is 0 Å². The van der Waals surface area contributed by atoms with Crippen LogP contribution in [0.5, 0.6) is 0 Å². The molecule has 1 heterocycles. The van der Waals surface area contributed by atoms with Crippen molar-refractivity contribution >= 4 is 23.5 Å². The predicted octanol–water partition coefficient (Wildman–Crippen LogP) is 2.77. The van der Waals surface area contributed by atoms with Gasteiger partial charge in [-0.25, -0.2) is 4.98 Å². The first-order valence-electron chi connectivity index (χ1n) is 6.01. The van der Waals surface area contributed by atoms with E-state index >= 15 is 0 Å². The van der Waals surface area contributed by atoms with Crippen molar-refractivity contribution in [2.45, 2.75) is 32.4 Å². The van der Waals surface area contributed by atoms with Crippen molar-refractivity contribution < 1.29 is 0 Å². The number of aryl methyl sites for hydroxylation is 1. The van der Waals surface area contributed by atoms with E-state index in [0.29, 0.717) is 11.2 Å². The van der Waals surface area contributed by atoms with Crippen LogP contribution in [0.2, 0.25) is 0 Å². The second-order valence-corrected chi connectivity index (χ2v) is 5.36. The molecule has 1 aromatic rings. The van der Waals surface area contributed by atoms with Crippen LogP contribution in [0.1, 0.15) is 25.8 Å². The molecule has 0 aliphatic heterocycles. The first-order valence-corrected chi connectivity index (χ1v) is 7.30. The summed E-state index contributed by atoms with van der Waals surface area (Å²) in [7, 11) is 0. The average Bonchev–Trinajstić information content (AvgIpc) is 2.35. The van der Waals surface area contributed by atoms with Gasteiger partial charge in [0.15, 0.2) is 0 Å². The van der Waals surface area contributed by atoms with Gasteiger partial charge in [0.05, 0.1) is 0 Å². The van der Waals surface area contributed by atoms with Gasteiger partial charge in [-0.15, -0.1) is 0 Å². The van der Waals surface area contributed by atoms with Crippen LogP contribution in [-0.2, 0) is 0 Å². The van der Waals surface area contributed by atoms with Crippen molar-refractivity contribution in [2.24, 2.45) is 0 Å². The van der Waals surface area contributed by atoms with Gasteiger partial charge in [0.2, 0.25) is 5.95 Å². The highest BCUT2D eigenvalue weighted by atomic mass is 32.2. The Morgan fingerprint density at radius 2 is 2.18 bits per heavy atom. The van der Waals surface area contributed by atoms with Crippen molar-refractivity contribution in [3.05, 3.63) is 11.8 Å². The van der Waals surface area contributed by atoms with Crippen LogP contribution in [0.15, 0.2) is 6.20 Å². The van der Waals surface area contributed by atoms with Gasteiger partial charge in [0, 0.05) is 30.1 Å². The zero-order valence-corrected chi connectivity index (χ0v) is 11.9. The number of rotatable bonds is 7. The Bertz CT molecular complexity index is 343. The number of thioether (sulfide) groups is 1. The lowest BCUT2D eigenvalue weighted by Gasteiger charge is -2.13. The molecule has 1 atom stereocenters. The van der Waals surface area contributed by atoms with Crippen molar-refractivity contribution in [3.63, 3.8) is 0 Å². The minimum Gasteiger partial charge on any atom is -0.369 e. The van der Waals surface area contributed by atoms with Crippen LogP contribution >= 0.6 is 11.8 Å². The zero-order chi connectivity index (χ0) is 12.7. The SMILES string of the molecule is CCCNc1ncc(C)c(NCC(C)SC)n1. The van der Waals surface area contributed by atoms with Crippen molar-refractivity contribution in [1.29, 1.82) is 0 Å². The van der Waals surface area contributed by atoms with E-state index in [9.17, 15) is 0 Å². The lowest BCUT2D eigenvalue weighted by molar-refractivity contribution is 0.940. The first-order chi connectivity index (χ1) is 8.17. The normalized spacial score (nSPS) is 12.2. The van der Waals surface area contributed by atoms with E-state index in [1.165, 1.54) is 0 Å². The molecule has 0 amide bonds. The molecule has 0 fully saturated rings. The van der Waals surface area contributed by atoms with Crippen LogP contribution in [0.25, 0.3) is 0 Å². The van der Waals surface area contributed by atoms with Crippen LogP contribution in [0, 0.1) is 6.92 Å². The van der Waals surface area contributed by atoms with Crippen LogP contribution < -0.4 is 10.6 Å². The predicted molar refractivity (Wildman–Crippen MR) is 77.0 cm³/mol. The van der Waals surface area contributed by atoms with Gasteiger partial charge in [-0.3, -0.25) is 0 Å². The van der Waals surface area contributed by atoms with Gasteiger partial charge in [-0.1, -0.05) is 13.8 Å². The van der Waals surface area contributed by atoms with Gasteiger partial charge in [-0.05, 0) is 19.6 Å². The van der Waals surface area contributed by atoms with Gasteiger partial charge in [0.1, 0.15) is 5.82 Å². The van der Waals surface area contributed by atoms with Crippen molar-refractivity contribution in [3.8, 4) is 0 Å². The summed E-state index contributed by atoms with van der Waals surface area (Å²) in [5.41, 5.74) is 1.08. The highest BCUT2D eigenvalue weighted by molar-refractivity contribution is 7.99. The second kappa shape index (κ2) is 7.37. The molecular formula is C12H22N4S. The number of nitrogens with one attached hydrogen (secondary N) is 2. The number of anilines is 2. The monoisotopic (exact) mass is 254 g/mol. The highest BCUT2D eigenvalue weighted by Gasteiger charge is 2.05. The molecule has 0 aliphatic rings. The second-order valence-electron chi connectivity index (χ2n) is 4.08. The van der Waals surface area contributed by atoms with E-state index in [1.54, 1.807) is 0 Å². The molecule has 0 bridgehead atoms. The van der Waals surface area contributed by atoms with Crippen molar-refractivity contribution in [1.82, 2.24) is 9.97 Å². The molecule has 0 aliphatic carbocycles. The molecule has 0 aromatic carbocycles. The molecule has 96 valence electrons. The number of hydrogen-bond donors (Lipinski definition) is 2. The molecule has 1 unspecified atom stereocenters. The zero-order valence-electron chi connectivity index (χ0n) is 11.1. The van der Waals surface area contributed by atoms with Gasteiger partial charge < -0.3 is 10.6 Å². The van der Waals surface area contributed by atoms with Gasteiger partial charge in [0.25, 0.3) is 0 Å². The molecule has 1 aromatic heterocycles. The molecular weight excluding hydrogens is 232 g/mol. The summed E-state index contributed by atoms with van der Waals surface area (Å²) in [6.07, 6.45) is 5.05. The highest BCUT2D eigenvalue weighted by Crippen LogP contribution is 2.14. The van der Waals surface area contributed by atoms with Gasteiger partial charge in [-0.2, -0.15) is 16.7 Å². The summed E-state index contributed by atoms with van der Waals surface area (Å²) in [5.74, 6) is 1.64. The third-order valence-electron chi connectivity index (χ3n) is 2.46. The summed E-state index contributed by atoms with van der Waals surface area (Å²) in [4.78, 5) is 8.73. The summed E-state index contributed by atoms with van der Waals surface area (Å²) >= 11 is 1.85. The Kier molecular flexibility index (Phi) is 6.11. The third-order valence-corrected chi connectivity index (χ3v) is 3.44. The molecule has 4 nitrogen and oxygen atoms in total. The van der Waals surface area contributed by atoms with E-state index in [-0.39, 0.29) is 0 Å². The maximum atomic E-state index is 4.47. The smallest absolute Gasteiger partial charge is 0.224 e. The van der Waals surface area contributed by atoms with E-state index in [1.807, 2.05) is 24.9 Å². The Labute approximate surface area is 108 Å². The number of nitrogens with zero attached hydrogens (tertiary/aromatic N) is 2. The molecule has 1 rings (SSSR count). The topological polar surface area (TPSA) is 49.8 Å². The van der Waals surface area contributed by atoms with E-state index in [0.717, 1.165) is 30.9 Å². The fourth-order valence-electron chi connectivity index (χ4n) is 1.27. The summed E-state index contributed by atoms with van der Waals surface area (Å²) in [6.45, 7) is 8.18. The Morgan fingerprint density at radius 3 is 2.82 bits per heavy atom. The summed E-state index contributed by atoms with van der Waals surface area (Å²) < 4.78 is 0. The first kappa shape index (κ1) is 14.1. The number of aromatic nitrogens is 2. The van der Waals surface area contributed by atoms with E-state index in [2.05, 4.69) is 40.7 Å². The average molecular weight is 254 g/mol. The lowest BCUT2D eigenvalue weighted by atomic mass is 10.3. The standard InChI is InChI=1S/C12H22N4S/c1-5-6-13-12-15-7-9(2)11(16-12)14-8-10(3)17-4/h7,10H,5-6,8H2,1-4H3,(H2,13,14,15,16). The minimum atomic E-state index is 0.580. The summed E-state index contributed by atoms with van der Waals surface area (Å²) in [6, 6.07) is 0. The summed E-state index contributed by atoms with van der Waals surface area (Å²) in [5, 5.41) is 7.14. The minimum absolute atomic E-state index is 0.580. The molecule has 0 radical (unpaired) electrons. The quantitative estimate of drug-likeness (QED) is 0.783. The Morgan fingerprint density at radius 1 is 1.41 bits per heavy atom. The number of hydrogen-bond acceptors (Lipinski definition) is 5. The Balaban J connectivity index is 2.62. The third kappa shape index (κ3) is 4.81. The van der Waals surface area contributed by atoms with Crippen LogP contribution in [0.3, 0.4) is 0 Å². The largest absolute Gasteiger partial charge is 0.369 e. The van der Waals surface area contributed by atoms with Crippen LogP contribution in [-0.4, -0.2) is 34.6 Å². The maximum absolute atomic E-state index is 4.47. The fraction of sp³-hybridized carbons (Fsp3) is 0.667. The van der Waals surface area contributed by atoms with E-state index in [4.69, 9.17) is 0 Å². The fourth-order valence-corrected chi connectivity index (χ4v) is 1.52. The molecule has 0 saturated carbocycles. The molecule has 2 N–H and O–H groups in total.